The molecule has 8 heteroatoms. The van der Waals surface area contributed by atoms with Crippen molar-refractivity contribution in [2.75, 3.05) is 19.8 Å². The Labute approximate surface area is 202 Å². The molecule has 0 radical (unpaired) electrons. The van der Waals surface area contributed by atoms with E-state index in [1.54, 1.807) is 60.7 Å². The van der Waals surface area contributed by atoms with Crippen LogP contribution in [0.1, 0.15) is 21.5 Å². The van der Waals surface area contributed by atoms with Gasteiger partial charge in [0.2, 0.25) is 0 Å². The van der Waals surface area contributed by atoms with Crippen LogP contribution < -0.4 is 15.4 Å². The molecule has 3 N–H and O–H groups in total. The van der Waals surface area contributed by atoms with Gasteiger partial charge in [-0.05, 0) is 65.7 Å². The number of benzene rings is 3. The van der Waals surface area contributed by atoms with Crippen LogP contribution in [0.2, 0.25) is 5.02 Å². The Morgan fingerprint density at radius 2 is 1.65 bits per heavy atom. The van der Waals surface area contributed by atoms with Gasteiger partial charge in [-0.25, -0.2) is 4.39 Å². The number of ether oxygens (including phenoxy) is 1. The molecule has 0 bridgehead atoms. The van der Waals surface area contributed by atoms with Gasteiger partial charge in [-0.2, -0.15) is 0 Å². The number of carbonyl (C=O) groups excluding carboxylic acids is 2. The van der Waals surface area contributed by atoms with Crippen molar-refractivity contribution in [3.63, 3.8) is 0 Å². The highest BCUT2D eigenvalue weighted by Crippen LogP contribution is 2.15. The summed E-state index contributed by atoms with van der Waals surface area (Å²) in [5, 5.41) is 14.7. The standard InChI is InChI=1S/C26H24ClFN2O4/c27-21-7-1-19(2-8-21)17-24(26(33)29-14-15-31)30-25(32)20-5-11-23(12-6-20)34-16-13-18-3-9-22(28)10-4-18/h1-12,17,31H,13-16H2,(H,29,33)(H,30,32)/b24-17-. The van der Waals surface area contributed by atoms with Crippen LogP contribution in [0.25, 0.3) is 6.08 Å². The van der Waals surface area contributed by atoms with Crippen LogP contribution in [0.4, 0.5) is 4.39 Å². The second-order valence-corrected chi connectivity index (χ2v) is 7.73. The topological polar surface area (TPSA) is 87.7 Å². The van der Waals surface area contributed by atoms with Crippen LogP contribution in [-0.2, 0) is 11.2 Å². The van der Waals surface area contributed by atoms with Crippen molar-refractivity contribution in [2.45, 2.75) is 6.42 Å². The van der Waals surface area contributed by atoms with Crippen molar-refractivity contribution >= 4 is 29.5 Å². The van der Waals surface area contributed by atoms with Gasteiger partial charge in [0.15, 0.2) is 0 Å². The minimum atomic E-state index is -0.530. The fraction of sp³-hybridized carbons (Fsp3) is 0.154. The van der Waals surface area contributed by atoms with Crippen molar-refractivity contribution in [3.8, 4) is 5.75 Å². The molecule has 0 heterocycles. The summed E-state index contributed by atoms with van der Waals surface area (Å²) in [4.78, 5) is 25.2. The average Bonchev–Trinajstić information content (AvgIpc) is 2.85. The van der Waals surface area contributed by atoms with Crippen molar-refractivity contribution in [1.29, 1.82) is 0 Å². The number of carbonyl (C=O) groups is 2. The van der Waals surface area contributed by atoms with Crippen LogP contribution in [0, 0.1) is 5.82 Å². The third-order valence-corrected chi connectivity index (χ3v) is 5.01. The molecule has 0 saturated heterocycles. The Balaban J connectivity index is 1.63. The Morgan fingerprint density at radius 1 is 0.971 bits per heavy atom. The van der Waals surface area contributed by atoms with E-state index in [9.17, 15) is 14.0 Å². The lowest BCUT2D eigenvalue weighted by Crippen LogP contribution is -2.36. The van der Waals surface area contributed by atoms with Crippen LogP contribution >= 0.6 is 11.6 Å². The van der Waals surface area contributed by atoms with Crippen LogP contribution in [0.3, 0.4) is 0 Å². The molecule has 176 valence electrons. The molecule has 3 aromatic carbocycles. The SMILES string of the molecule is O=C(NCCO)/C(=C/c1ccc(Cl)cc1)NC(=O)c1ccc(OCCc2ccc(F)cc2)cc1. The first-order valence-electron chi connectivity index (χ1n) is 10.6. The van der Waals surface area contributed by atoms with E-state index in [1.165, 1.54) is 18.2 Å². The number of hydrogen-bond donors (Lipinski definition) is 3. The number of nitrogens with one attached hydrogen (secondary N) is 2. The van der Waals surface area contributed by atoms with Gasteiger partial charge in [0.1, 0.15) is 17.3 Å². The number of aliphatic hydroxyl groups is 1. The Morgan fingerprint density at radius 3 is 2.29 bits per heavy atom. The van der Waals surface area contributed by atoms with Gasteiger partial charge in [0, 0.05) is 23.6 Å². The van der Waals surface area contributed by atoms with Gasteiger partial charge >= 0.3 is 0 Å². The first kappa shape index (κ1) is 25.0. The first-order chi connectivity index (χ1) is 16.4. The molecule has 0 unspecified atom stereocenters. The highest BCUT2D eigenvalue weighted by molar-refractivity contribution is 6.30. The fourth-order valence-electron chi connectivity index (χ4n) is 2.98. The van der Waals surface area contributed by atoms with Crippen LogP contribution in [0.15, 0.2) is 78.5 Å². The summed E-state index contributed by atoms with van der Waals surface area (Å²) >= 11 is 5.90. The molecule has 3 rings (SSSR count). The largest absolute Gasteiger partial charge is 0.493 e. The fourth-order valence-corrected chi connectivity index (χ4v) is 3.11. The maximum atomic E-state index is 13.0. The molecule has 0 fully saturated rings. The summed E-state index contributed by atoms with van der Waals surface area (Å²) in [5.74, 6) is -0.706. The van der Waals surface area contributed by atoms with E-state index in [2.05, 4.69) is 10.6 Å². The first-order valence-corrected chi connectivity index (χ1v) is 11.0. The third kappa shape index (κ3) is 7.72. The quantitative estimate of drug-likeness (QED) is 0.381. The number of amides is 2. The van der Waals surface area contributed by atoms with Gasteiger partial charge in [-0.3, -0.25) is 9.59 Å². The van der Waals surface area contributed by atoms with Crippen molar-refractivity contribution in [3.05, 3.63) is 106 Å². The molecular formula is C26H24ClFN2O4. The Hall–Kier alpha value is -3.68. The van der Waals surface area contributed by atoms with Crippen molar-refractivity contribution in [1.82, 2.24) is 10.6 Å². The Bertz CT molecular complexity index is 1130. The zero-order chi connectivity index (χ0) is 24.3. The molecule has 0 aromatic heterocycles. The third-order valence-electron chi connectivity index (χ3n) is 4.76. The molecule has 0 aliphatic heterocycles. The second-order valence-electron chi connectivity index (χ2n) is 7.29. The van der Waals surface area contributed by atoms with Gasteiger partial charge < -0.3 is 20.5 Å². The number of rotatable bonds is 10. The van der Waals surface area contributed by atoms with E-state index in [0.717, 1.165) is 5.56 Å². The average molecular weight is 483 g/mol. The normalized spacial score (nSPS) is 11.1. The summed E-state index contributed by atoms with van der Waals surface area (Å²) in [6, 6.07) is 19.5. The minimum absolute atomic E-state index is 0.0281. The van der Waals surface area contributed by atoms with Crippen molar-refractivity contribution in [2.24, 2.45) is 0 Å². The summed E-state index contributed by atoms with van der Waals surface area (Å²) in [5.41, 5.74) is 1.99. The van der Waals surface area contributed by atoms with E-state index >= 15 is 0 Å². The number of halogens is 2. The molecule has 6 nitrogen and oxygen atoms in total. The van der Waals surface area contributed by atoms with E-state index < -0.39 is 11.8 Å². The van der Waals surface area contributed by atoms with Crippen LogP contribution in [-0.4, -0.2) is 36.7 Å². The molecule has 34 heavy (non-hydrogen) atoms. The van der Waals surface area contributed by atoms with Gasteiger partial charge in [0.05, 0.1) is 13.2 Å². The Kier molecular flexibility index (Phi) is 9.20. The van der Waals surface area contributed by atoms with E-state index in [4.69, 9.17) is 21.4 Å². The van der Waals surface area contributed by atoms with Crippen LogP contribution in [0.5, 0.6) is 5.75 Å². The van der Waals surface area contributed by atoms with E-state index in [-0.39, 0.29) is 24.7 Å². The summed E-state index contributed by atoms with van der Waals surface area (Å²) in [7, 11) is 0. The highest BCUT2D eigenvalue weighted by atomic mass is 35.5. The summed E-state index contributed by atoms with van der Waals surface area (Å²) in [6.07, 6.45) is 2.14. The van der Waals surface area contributed by atoms with E-state index in [0.29, 0.717) is 34.9 Å². The number of aliphatic hydroxyl groups excluding tert-OH is 1. The maximum absolute atomic E-state index is 13.0. The lowest BCUT2D eigenvalue weighted by atomic mass is 10.1. The molecule has 0 aliphatic rings. The molecule has 0 saturated carbocycles. The van der Waals surface area contributed by atoms with Gasteiger partial charge in [-0.15, -0.1) is 0 Å². The lowest BCUT2D eigenvalue weighted by molar-refractivity contribution is -0.117. The lowest BCUT2D eigenvalue weighted by Gasteiger charge is -2.11. The van der Waals surface area contributed by atoms with Crippen molar-refractivity contribution < 1.29 is 23.8 Å². The molecule has 2 amide bonds. The van der Waals surface area contributed by atoms with Gasteiger partial charge in [-0.1, -0.05) is 35.9 Å². The zero-order valence-electron chi connectivity index (χ0n) is 18.3. The van der Waals surface area contributed by atoms with Gasteiger partial charge in [0.25, 0.3) is 11.8 Å². The molecule has 0 spiro atoms. The number of hydrogen-bond acceptors (Lipinski definition) is 4. The van der Waals surface area contributed by atoms with E-state index in [1.807, 2.05) is 0 Å². The zero-order valence-corrected chi connectivity index (χ0v) is 19.0. The molecule has 3 aromatic rings. The monoisotopic (exact) mass is 482 g/mol. The predicted molar refractivity (Wildman–Crippen MR) is 129 cm³/mol. The summed E-state index contributed by atoms with van der Waals surface area (Å²) in [6.45, 7) is 0.226. The maximum Gasteiger partial charge on any atom is 0.267 e. The molecule has 0 aliphatic carbocycles. The second kappa shape index (κ2) is 12.5. The highest BCUT2D eigenvalue weighted by Gasteiger charge is 2.14. The predicted octanol–water partition coefficient (Wildman–Crippen LogP) is 3.98. The minimum Gasteiger partial charge on any atom is -0.493 e. The molecular weight excluding hydrogens is 459 g/mol. The smallest absolute Gasteiger partial charge is 0.267 e. The summed E-state index contributed by atoms with van der Waals surface area (Å²) < 4.78 is 18.7. The molecule has 0 atom stereocenters.